The lowest BCUT2D eigenvalue weighted by Crippen LogP contribution is -2.39. The fourth-order valence-corrected chi connectivity index (χ4v) is 1.62. The van der Waals surface area contributed by atoms with Crippen LogP contribution in [0, 0.1) is 0 Å². The average Bonchev–Trinajstić information content (AvgIpc) is 2.57. The van der Waals surface area contributed by atoms with Crippen LogP contribution in [0.5, 0.6) is 5.75 Å². The smallest absolute Gasteiger partial charge is 0.329 e. The molecule has 1 aromatic carbocycles. The van der Waals surface area contributed by atoms with Crippen molar-refractivity contribution in [2.24, 2.45) is 5.10 Å². The number of hydrogen-bond acceptors (Lipinski definition) is 6. The highest BCUT2D eigenvalue weighted by Gasteiger charge is 2.12. The third kappa shape index (κ3) is 6.88. The van der Waals surface area contributed by atoms with Gasteiger partial charge in [-0.05, 0) is 19.1 Å². The molecule has 1 rings (SSSR count). The van der Waals surface area contributed by atoms with Gasteiger partial charge in [-0.25, -0.2) is 5.43 Å². The first-order valence-electron chi connectivity index (χ1n) is 7.12. The predicted molar refractivity (Wildman–Crippen MR) is 87.6 cm³/mol. The highest BCUT2D eigenvalue weighted by atomic mass is 16.5. The van der Waals surface area contributed by atoms with Crippen molar-refractivity contribution in [2.75, 3.05) is 25.6 Å². The van der Waals surface area contributed by atoms with Gasteiger partial charge in [0, 0.05) is 24.0 Å². The normalized spacial score (nSPS) is 10.7. The van der Waals surface area contributed by atoms with Crippen molar-refractivity contribution in [3.8, 4) is 5.75 Å². The summed E-state index contributed by atoms with van der Waals surface area (Å²) in [6.07, 6.45) is -0.0598. The van der Waals surface area contributed by atoms with Gasteiger partial charge in [-0.1, -0.05) is 6.07 Å². The molecule has 0 aliphatic carbocycles. The van der Waals surface area contributed by atoms with Crippen LogP contribution in [0.1, 0.15) is 13.3 Å². The van der Waals surface area contributed by atoms with E-state index in [1.165, 1.54) is 14.0 Å². The van der Waals surface area contributed by atoms with Gasteiger partial charge in [-0.15, -0.1) is 0 Å². The molecule has 0 atom stereocenters. The summed E-state index contributed by atoms with van der Waals surface area (Å²) in [5, 5.41) is 17.1. The average molecular weight is 336 g/mol. The molecule has 0 bridgehead atoms. The van der Waals surface area contributed by atoms with E-state index in [2.05, 4.69) is 15.7 Å². The number of nitrogens with zero attached hydrogens (tertiary/aromatic N) is 1. The zero-order valence-corrected chi connectivity index (χ0v) is 13.5. The van der Waals surface area contributed by atoms with Crippen LogP contribution in [0.25, 0.3) is 0 Å². The topological polar surface area (TPSA) is 129 Å². The first kappa shape index (κ1) is 19.1. The molecule has 1 aromatic rings. The third-order valence-electron chi connectivity index (χ3n) is 2.72. The molecule has 0 aromatic heterocycles. The Labute approximate surface area is 139 Å². The van der Waals surface area contributed by atoms with Crippen LogP contribution in [0.3, 0.4) is 0 Å². The third-order valence-corrected chi connectivity index (χ3v) is 2.72. The number of amides is 3. The Bertz CT molecular complexity index is 630. The molecule has 130 valence electrons. The molecule has 4 N–H and O–H groups in total. The Morgan fingerprint density at radius 1 is 1.25 bits per heavy atom. The van der Waals surface area contributed by atoms with Crippen molar-refractivity contribution in [2.45, 2.75) is 13.3 Å². The number of methoxy groups -OCH3 is 1. The van der Waals surface area contributed by atoms with Crippen molar-refractivity contribution in [3.63, 3.8) is 0 Å². The summed E-state index contributed by atoms with van der Waals surface area (Å²) < 4.78 is 5.06. The van der Waals surface area contributed by atoms with Crippen LogP contribution in [0.4, 0.5) is 5.69 Å². The number of benzene rings is 1. The van der Waals surface area contributed by atoms with Crippen LogP contribution in [-0.2, 0) is 14.4 Å². The Morgan fingerprint density at radius 3 is 2.67 bits per heavy atom. The quantitative estimate of drug-likeness (QED) is 0.307. The molecule has 24 heavy (non-hydrogen) atoms. The molecule has 0 spiro atoms. The summed E-state index contributed by atoms with van der Waals surface area (Å²) in [5.74, 6) is -1.61. The molecule has 9 nitrogen and oxygen atoms in total. The molecule has 0 radical (unpaired) electrons. The first-order valence-corrected chi connectivity index (χ1v) is 7.12. The number of ether oxygens (including phenoxy) is 1. The summed E-state index contributed by atoms with van der Waals surface area (Å²) in [6, 6.07) is 6.86. The number of aliphatic hydroxyl groups excluding tert-OH is 1. The second kappa shape index (κ2) is 9.95. The lowest BCUT2D eigenvalue weighted by Gasteiger charge is -2.07. The molecule has 0 saturated heterocycles. The zero-order chi connectivity index (χ0) is 17.9. The molecule has 0 fully saturated rings. The van der Waals surface area contributed by atoms with E-state index >= 15 is 0 Å². The van der Waals surface area contributed by atoms with E-state index in [9.17, 15) is 14.4 Å². The van der Waals surface area contributed by atoms with E-state index < -0.39 is 11.8 Å². The Hall–Kier alpha value is -2.94. The Balaban J connectivity index is 2.47. The van der Waals surface area contributed by atoms with E-state index in [0.29, 0.717) is 17.1 Å². The maximum Gasteiger partial charge on any atom is 0.329 e. The van der Waals surface area contributed by atoms with Crippen LogP contribution in [0.15, 0.2) is 29.4 Å². The summed E-state index contributed by atoms with van der Waals surface area (Å²) in [5.41, 5.74) is 2.92. The number of anilines is 1. The zero-order valence-electron chi connectivity index (χ0n) is 13.5. The van der Waals surface area contributed by atoms with Gasteiger partial charge in [0.2, 0.25) is 5.91 Å². The van der Waals surface area contributed by atoms with Gasteiger partial charge in [0.1, 0.15) is 5.75 Å². The largest absolute Gasteiger partial charge is 0.497 e. The molecule has 0 unspecified atom stereocenters. The number of carbonyl (C=O) groups excluding carboxylic acids is 3. The molecule has 0 aliphatic heterocycles. The molecule has 0 heterocycles. The van der Waals surface area contributed by atoms with E-state index in [-0.39, 0.29) is 25.5 Å². The van der Waals surface area contributed by atoms with Crippen LogP contribution >= 0.6 is 0 Å². The van der Waals surface area contributed by atoms with Crippen molar-refractivity contribution in [1.29, 1.82) is 0 Å². The van der Waals surface area contributed by atoms with E-state index in [1.807, 2.05) is 5.43 Å². The van der Waals surface area contributed by atoms with Gasteiger partial charge in [-0.3, -0.25) is 14.4 Å². The molecular weight excluding hydrogens is 316 g/mol. The van der Waals surface area contributed by atoms with Crippen molar-refractivity contribution < 1.29 is 24.2 Å². The molecule has 0 saturated carbocycles. The number of hydrazone groups is 1. The van der Waals surface area contributed by atoms with Crippen molar-refractivity contribution in [1.82, 2.24) is 10.7 Å². The van der Waals surface area contributed by atoms with Crippen molar-refractivity contribution in [3.05, 3.63) is 24.3 Å². The minimum Gasteiger partial charge on any atom is -0.497 e. The van der Waals surface area contributed by atoms with Gasteiger partial charge in [-0.2, -0.15) is 5.10 Å². The highest BCUT2D eigenvalue weighted by Crippen LogP contribution is 2.16. The standard InChI is InChI=1S/C15H20N4O5/c1-10(18-19-15(23)14(22)16-6-7-20)8-13(21)17-11-4-3-5-12(9-11)24-2/h3-5,9,20H,6-8H2,1-2H3,(H,16,22)(H,17,21)(H,19,23). The van der Waals surface area contributed by atoms with Crippen LogP contribution in [-0.4, -0.2) is 48.8 Å². The maximum atomic E-state index is 11.9. The highest BCUT2D eigenvalue weighted by molar-refractivity contribution is 6.35. The van der Waals surface area contributed by atoms with E-state index in [0.717, 1.165) is 0 Å². The minimum atomic E-state index is -0.976. The second-order valence-electron chi connectivity index (χ2n) is 4.72. The Morgan fingerprint density at radius 2 is 2.00 bits per heavy atom. The first-order chi connectivity index (χ1) is 11.5. The monoisotopic (exact) mass is 336 g/mol. The van der Waals surface area contributed by atoms with E-state index in [1.54, 1.807) is 24.3 Å². The lowest BCUT2D eigenvalue weighted by atomic mass is 10.2. The summed E-state index contributed by atoms with van der Waals surface area (Å²) >= 11 is 0. The number of rotatable bonds is 7. The summed E-state index contributed by atoms with van der Waals surface area (Å²) in [7, 11) is 1.52. The maximum absolute atomic E-state index is 11.9. The number of nitrogens with one attached hydrogen (secondary N) is 3. The van der Waals surface area contributed by atoms with Gasteiger partial charge >= 0.3 is 11.8 Å². The van der Waals surface area contributed by atoms with Gasteiger partial charge in [0.25, 0.3) is 0 Å². The fraction of sp³-hybridized carbons (Fsp3) is 0.333. The lowest BCUT2D eigenvalue weighted by molar-refractivity contribution is -0.139. The molecular formula is C15H20N4O5. The van der Waals surface area contributed by atoms with Gasteiger partial charge < -0.3 is 20.5 Å². The molecule has 9 heteroatoms. The van der Waals surface area contributed by atoms with E-state index in [4.69, 9.17) is 9.84 Å². The Kier molecular flexibility index (Phi) is 7.92. The van der Waals surface area contributed by atoms with Crippen LogP contribution < -0.4 is 20.8 Å². The number of carbonyl (C=O) groups is 3. The molecule has 3 amide bonds. The summed E-state index contributed by atoms with van der Waals surface area (Å²) in [4.78, 5) is 34.5. The molecule has 0 aliphatic rings. The minimum absolute atomic E-state index is 0.0299. The summed E-state index contributed by atoms with van der Waals surface area (Å²) in [6.45, 7) is 1.24. The fourth-order valence-electron chi connectivity index (χ4n) is 1.62. The predicted octanol–water partition coefficient (Wildman–Crippen LogP) is -0.376. The van der Waals surface area contributed by atoms with Gasteiger partial charge in [0.15, 0.2) is 0 Å². The van der Waals surface area contributed by atoms with Gasteiger partial charge in [0.05, 0.1) is 20.1 Å². The van der Waals surface area contributed by atoms with Crippen molar-refractivity contribution >= 4 is 29.1 Å². The van der Waals surface area contributed by atoms with Crippen LogP contribution in [0.2, 0.25) is 0 Å². The number of aliphatic hydroxyl groups is 1. The number of hydrogen-bond donors (Lipinski definition) is 4. The SMILES string of the molecule is COc1cccc(NC(=O)CC(C)=NNC(=O)C(=O)NCCO)c1. The second-order valence-corrected chi connectivity index (χ2v) is 4.72.